The second-order valence-corrected chi connectivity index (χ2v) is 4.33. The van der Waals surface area contributed by atoms with Gasteiger partial charge in [0.05, 0.1) is 23.6 Å². The molecule has 0 aliphatic rings. The number of pyridine rings is 1. The van der Waals surface area contributed by atoms with Crippen molar-refractivity contribution < 1.29 is 13.2 Å². The van der Waals surface area contributed by atoms with E-state index in [0.717, 1.165) is 4.68 Å². The fraction of sp³-hybridized carbons (Fsp3) is 0.400. The van der Waals surface area contributed by atoms with Gasteiger partial charge in [-0.15, -0.1) is 0 Å². The van der Waals surface area contributed by atoms with Gasteiger partial charge in [-0.05, 0) is 6.07 Å². The second-order valence-electron chi connectivity index (χ2n) is 4.33. The van der Waals surface area contributed by atoms with Gasteiger partial charge in [0.25, 0.3) is 0 Å². The van der Waals surface area contributed by atoms with Crippen LogP contribution in [0, 0.1) is 0 Å². The lowest BCUT2D eigenvalue weighted by Crippen LogP contribution is -2.34. The van der Waals surface area contributed by atoms with Gasteiger partial charge in [0.1, 0.15) is 14.4 Å². The molecule has 2 aromatic rings. The van der Waals surface area contributed by atoms with E-state index in [4.69, 9.17) is 13.6 Å². The minimum absolute atomic E-state index is 0.292. The van der Waals surface area contributed by atoms with Gasteiger partial charge in [0.2, 0.25) is 0 Å². The molecule has 4 nitrogen and oxygen atoms in total. The smallest absolute Gasteiger partial charge is 0.328 e. The van der Waals surface area contributed by atoms with Crippen molar-refractivity contribution in [2.45, 2.75) is 25.1 Å². The fourth-order valence-corrected chi connectivity index (χ4v) is 1.57. The number of halogens is 3. The van der Waals surface area contributed by atoms with Crippen LogP contribution >= 0.6 is 0 Å². The Hall–Kier alpha value is -1.57. The van der Waals surface area contributed by atoms with Crippen molar-refractivity contribution in [3.05, 3.63) is 24.2 Å². The zero-order valence-corrected chi connectivity index (χ0v) is 9.57. The molecule has 0 unspecified atom stereocenters. The Morgan fingerprint density at radius 1 is 1.39 bits per heavy atom. The molecule has 0 aromatic carbocycles. The summed E-state index contributed by atoms with van der Waals surface area (Å²) in [5.41, 5.74) is 5.21. The summed E-state index contributed by atoms with van der Waals surface area (Å²) in [4.78, 5) is 3.96. The quantitative estimate of drug-likeness (QED) is 0.821. The lowest BCUT2D eigenvalue weighted by atomic mass is 9.77. The summed E-state index contributed by atoms with van der Waals surface area (Å²) in [6, 6.07) is 1.54. The van der Waals surface area contributed by atoms with E-state index in [-0.39, 0.29) is 0 Å². The number of aromatic nitrogens is 3. The van der Waals surface area contributed by atoms with Crippen molar-refractivity contribution in [3.63, 3.8) is 0 Å². The van der Waals surface area contributed by atoms with E-state index >= 15 is 0 Å². The number of alkyl halides is 3. The normalized spacial score (nSPS) is 15.8. The first-order valence-electron chi connectivity index (χ1n) is 5.13. The summed E-state index contributed by atoms with van der Waals surface area (Å²) in [6.07, 6.45) is -1.70. The maximum absolute atomic E-state index is 12.3. The van der Waals surface area contributed by atoms with Crippen molar-refractivity contribution in [1.29, 1.82) is 0 Å². The van der Waals surface area contributed by atoms with Gasteiger partial charge >= 0.3 is 6.18 Å². The molecule has 0 spiro atoms. The molecule has 8 heteroatoms. The highest BCUT2D eigenvalue weighted by molar-refractivity contribution is 6.15. The predicted molar refractivity (Wildman–Crippen MR) is 60.9 cm³/mol. The van der Waals surface area contributed by atoms with E-state index in [1.165, 1.54) is 18.5 Å². The Balaban J connectivity index is 2.44. The van der Waals surface area contributed by atoms with Crippen LogP contribution in [0.25, 0.3) is 10.9 Å². The third-order valence-corrected chi connectivity index (χ3v) is 2.41. The zero-order chi connectivity index (χ0) is 13.6. The van der Waals surface area contributed by atoms with E-state index in [1.807, 2.05) is 0 Å². The molecule has 0 amide bonds. The average molecular weight is 254 g/mol. The number of nitrogens with two attached hydrogens (primary N) is 1. The topological polar surface area (TPSA) is 56.7 Å². The number of hydrogen-bond donors (Lipinski definition) is 1. The number of hydrogen-bond acceptors (Lipinski definition) is 3. The van der Waals surface area contributed by atoms with Crippen LogP contribution in [0.2, 0.25) is 0 Å². The number of fused-ring (bicyclic) bond motifs is 1. The lowest BCUT2D eigenvalue weighted by molar-refractivity contribution is -0.141. The molecule has 2 N–H and O–H groups in total. The van der Waals surface area contributed by atoms with Gasteiger partial charge in [-0.25, -0.2) is 0 Å². The van der Waals surface area contributed by atoms with E-state index in [9.17, 15) is 13.2 Å². The molecule has 0 aliphatic carbocycles. The maximum atomic E-state index is 12.3. The van der Waals surface area contributed by atoms with E-state index in [2.05, 4.69) is 10.1 Å². The standard InChI is InChI=1S/C10H10BF3N4/c1-9(11,15)8-2-6-3-17-18(5-10(12,13)14)7(6)4-16-8/h2-4H,5,15H2,1H3/t9-/m1/s1. The van der Waals surface area contributed by atoms with Gasteiger partial charge in [-0.2, -0.15) is 18.3 Å². The van der Waals surface area contributed by atoms with Crippen LogP contribution in [0.5, 0.6) is 0 Å². The Morgan fingerprint density at radius 3 is 2.61 bits per heavy atom. The molecule has 1 atom stereocenters. The first-order valence-corrected chi connectivity index (χ1v) is 5.13. The summed E-state index contributed by atoms with van der Waals surface area (Å²) in [5.74, 6) is 0. The molecule has 0 aliphatic heterocycles. The number of nitrogens with zero attached hydrogens (tertiary/aromatic N) is 3. The van der Waals surface area contributed by atoms with E-state index in [1.54, 1.807) is 6.92 Å². The SMILES string of the molecule is [B][C@](C)(N)c1cc2cnn(CC(F)(F)F)c2cn1. The highest BCUT2D eigenvalue weighted by Gasteiger charge is 2.29. The van der Waals surface area contributed by atoms with Gasteiger partial charge in [0, 0.05) is 10.8 Å². The average Bonchev–Trinajstić information content (AvgIpc) is 2.57. The van der Waals surface area contributed by atoms with Crippen molar-refractivity contribution in [1.82, 2.24) is 14.8 Å². The van der Waals surface area contributed by atoms with Gasteiger partial charge < -0.3 is 5.73 Å². The highest BCUT2D eigenvalue weighted by Crippen LogP contribution is 2.22. The molecular formula is C10H10BF3N4. The van der Waals surface area contributed by atoms with Crippen LogP contribution in [0.3, 0.4) is 0 Å². The molecule has 2 aromatic heterocycles. The molecular weight excluding hydrogens is 244 g/mol. The van der Waals surface area contributed by atoms with Gasteiger partial charge in [-0.1, -0.05) is 6.92 Å². The molecule has 0 saturated heterocycles. The van der Waals surface area contributed by atoms with Crippen LogP contribution in [-0.2, 0) is 12.0 Å². The van der Waals surface area contributed by atoms with Gasteiger partial charge in [0.15, 0.2) is 0 Å². The number of rotatable bonds is 2. The lowest BCUT2D eigenvalue weighted by Gasteiger charge is -2.18. The third-order valence-electron chi connectivity index (χ3n) is 2.41. The zero-order valence-electron chi connectivity index (χ0n) is 9.57. The first-order chi connectivity index (χ1) is 8.17. The Kier molecular flexibility index (Phi) is 2.85. The highest BCUT2D eigenvalue weighted by atomic mass is 19.4. The second kappa shape index (κ2) is 3.98. The van der Waals surface area contributed by atoms with Crippen LogP contribution in [0.1, 0.15) is 12.6 Å². The fourth-order valence-electron chi connectivity index (χ4n) is 1.57. The molecule has 2 rings (SSSR count). The largest absolute Gasteiger partial charge is 0.408 e. The summed E-state index contributed by atoms with van der Waals surface area (Å²) in [7, 11) is 5.66. The van der Waals surface area contributed by atoms with Crippen LogP contribution < -0.4 is 5.73 Å². The minimum Gasteiger partial charge on any atom is -0.328 e. The monoisotopic (exact) mass is 254 g/mol. The van der Waals surface area contributed by atoms with Crippen molar-refractivity contribution >= 4 is 18.7 Å². The molecule has 94 valence electrons. The maximum Gasteiger partial charge on any atom is 0.408 e. The summed E-state index contributed by atoms with van der Waals surface area (Å²) in [6.45, 7) is 0.404. The van der Waals surface area contributed by atoms with Crippen LogP contribution in [0.4, 0.5) is 13.2 Å². The molecule has 0 bridgehead atoms. The van der Waals surface area contributed by atoms with Gasteiger partial charge in [-0.3, -0.25) is 9.67 Å². The Bertz CT molecular complexity index is 570. The predicted octanol–water partition coefficient (Wildman–Crippen LogP) is 1.29. The third kappa shape index (κ3) is 2.64. The van der Waals surface area contributed by atoms with Crippen LogP contribution in [0.15, 0.2) is 18.5 Å². The first kappa shape index (κ1) is 12.9. The summed E-state index contributed by atoms with van der Waals surface area (Å²) < 4.78 is 37.7. The molecule has 2 heterocycles. The van der Waals surface area contributed by atoms with E-state index in [0.29, 0.717) is 16.6 Å². The summed E-state index contributed by atoms with van der Waals surface area (Å²) >= 11 is 0. The molecule has 18 heavy (non-hydrogen) atoms. The van der Waals surface area contributed by atoms with E-state index < -0.39 is 18.2 Å². The minimum atomic E-state index is -4.33. The molecule has 0 saturated carbocycles. The van der Waals surface area contributed by atoms with Crippen molar-refractivity contribution in [2.75, 3.05) is 0 Å². The molecule has 0 fully saturated rings. The summed E-state index contributed by atoms with van der Waals surface area (Å²) in [5, 5.41) is 4.20. The Labute approximate surface area is 102 Å². The van der Waals surface area contributed by atoms with Crippen LogP contribution in [-0.4, -0.2) is 28.8 Å². The Morgan fingerprint density at radius 2 is 2.06 bits per heavy atom. The van der Waals surface area contributed by atoms with Crippen molar-refractivity contribution in [2.24, 2.45) is 5.73 Å². The van der Waals surface area contributed by atoms with Crippen molar-refractivity contribution in [3.8, 4) is 0 Å². The molecule has 2 radical (unpaired) electrons.